The van der Waals surface area contributed by atoms with E-state index in [0.29, 0.717) is 0 Å². The van der Waals surface area contributed by atoms with E-state index >= 15 is 0 Å². The number of hydrogen-bond acceptors (Lipinski definition) is 4. The number of anilines is 1. The lowest BCUT2D eigenvalue weighted by Gasteiger charge is -2.28. The monoisotopic (exact) mass is 322 g/mol. The standard InChI is InChI=1S/C19H18N2O3/c1-12-8-10-13(11-9-12)16-15-17(19(23)20(2)18(15)22)24-21(16)14-6-4-3-5-7-14/h3-11,15-17H,1-2H3/t15-,16+,17-/m0/s1. The fourth-order valence-electron chi connectivity index (χ4n) is 3.45. The molecule has 4 rings (SSSR count). The van der Waals surface area contributed by atoms with Gasteiger partial charge in [0.1, 0.15) is 5.92 Å². The van der Waals surface area contributed by atoms with Crippen LogP contribution in [-0.2, 0) is 14.4 Å². The number of carbonyl (C=O) groups excluding carboxylic acids is 2. The smallest absolute Gasteiger partial charge is 0.261 e. The molecule has 2 aromatic carbocycles. The van der Waals surface area contributed by atoms with Gasteiger partial charge in [-0.15, -0.1) is 0 Å². The summed E-state index contributed by atoms with van der Waals surface area (Å²) < 4.78 is 0. The van der Waals surface area contributed by atoms with Crippen molar-refractivity contribution < 1.29 is 14.4 Å². The first-order chi connectivity index (χ1) is 11.6. The van der Waals surface area contributed by atoms with E-state index in [2.05, 4.69) is 0 Å². The number of hydrogen-bond donors (Lipinski definition) is 0. The Labute approximate surface area is 140 Å². The van der Waals surface area contributed by atoms with Crippen molar-refractivity contribution in [1.29, 1.82) is 0 Å². The van der Waals surface area contributed by atoms with Gasteiger partial charge in [0.05, 0.1) is 11.7 Å². The molecule has 0 unspecified atom stereocenters. The summed E-state index contributed by atoms with van der Waals surface area (Å²) in [4.78, 5) is 32.1. The van der Waals surface area contributed by atoms with Crippen molar-refractivity contribution in [3.8, 4) is 0 Å². The van der Waals surface area contributed by atoms with E-state index in [1.165, 1.54) is 11.9 Å². The molecule has 0 aliphatic carbocycles. The third kappa shape index (κ3) is 2.12. The molecule has 2 aliphatic rings. The van der Waals surface area contributed by atoms with E-state index in [1.54, 1.807) is 5.06 Å². The topological polar surface area (TPSA) is 49.9 Å². The van der Waals surface area contributed by atoms with Gasteiger partial charge >= 0.3 is 0 Å². The number of para-hydroxylation sites is 1. The molecule has 3 atom stereocenters. The highest BCUT2D eigenvalue weighted by molar-refractivity contribution is 6.07. The Morgan fingerprint density at radius 1 is 0.917 bits per heavy atom. The van der Waals surface area contributed by atoms with Crippen LogP contribution < -0.4 is 5.06 Å². The number of carbonyl (C=O) groups is 2. The van der Waals surface area contributed by atoms with Crippen LogP contribution in [0.4, 0.5) is 5.69 Å². The summed E-state index contributed by atoms with van der Waals surface area (Å²) in [6.07, 6.45) is -0.756. The maximum atomic E-state index is 12.6. The first-order valence-electron chi connectivity index (χ1n) is 7.97. The van der Waals surface area contributed by atoms with Crippen LogP contribution in [0, 0.1) is 12.8 Å². The van der Waals surface area contributed by atoms with Crippen molar-refractivity contribution in [2.75, 3.05) is 12.1 Å². The highest BCUT2D eigenvalue weighted by Crippen LogP contribution is 2.46. The van der Waals surface area contributed by atoms with Gasteiger partial charge in [-0.25, -0.2) is 5.06 Å². The highest BCUT2D eigenvalue weighted by Gasteiger charge is 2.58. The third-order valence-electron chi connectivity index (χ3n) is 4.77. The van der Waals surface area contributed by atoms with E-state index in [-0.39, 0.29) is 17.9 Å². The van der Waals surface area contributed by atoms with E-state index in [1.807, 2.05) is 61.5 Å². The summed E-state index contributed by atoms with van der Waals surface area (Å²) in [5.41, 5.74) is 2.94. The minimum Gasteiger partial charge on any atom is -0.283 e. The summed E-state index contributed by atoms with van der Waals surface area (Å²) in [7, 11) is 1.52. The summed E-state index contributed by atoms with van der Waals surface area (Å²) in [5, 5.41) is 1.71. The van der Waals surface area contributed by atoms with Crippen molar-refractivity contribution in [2.45, 2.75) is 19.1 Å². The molecule has 2 aliphatic heterocycles. The predicted molar refractivity (Wildman–Crippen MR) is 89.0 cm³/mol. The normalized spacial score (nSPS) is 26.2. The number of hydroxylamine groups is 1. The molecule has 2 saturated heterocycles. The number of amides is 2. The van der Waals surface area contributed by atoms with Crippen LogP contribution in [-0.4, -0.2) is 29.9 Å². The molecule has 5 nitrogen and oxygen atoms in total. The van der Waals surface area contributed by atoms with Crippen LogP contribution in [0.15, 0.2) is 54.6 Å². The van der Waals surface area contributed by atoms with Gasteiger partial charge in [0.15, 0.2) is 6.10 Å². The van der Waals surface area contributed by atoms with Crippen LogP contribution in [0.3, 0.4) is 0 Å². The van der Waals surface area contributed by atoms with Crippen molar-refractivity contribution in [2.24, 2.45) is 5.92 Å². The van der Waals surface area contributed by atoms with Crippen molar-refractivity contribution in [3.63, 3.8) is 0 Å². The molecule has 0 aromatic heterocycles. The van der Waals surface area contributed by atoms with Gasteiger partial charge in [0, 0.05) is 7.05 Å². The maximum absolute atomic E-state index is 12.6. The van der Waals surface area contributed by atoms with Gasteiger partial charge < -0.3 is 0 Å². The molecule has 2 fully saturated rings. The van der Waals surface area contributed by atoms with Gasteiger partial charge in [-0.3, -0.25) is 19.3 Å². The fraction of sp³-hybridized carbons (Fsp3) is 0.263. The molecule has 0 radical (unpaired) electrons. The Bertz CT molecular complexity index is 788. The number of likely N-dealkylation sites (tertiary alicyclic amines) is 1. The molecular formula is C19H18N2O3. The van der Waals surface area contributed by atoms with E-state index in [0.717, 1.165) is 16.8 Å². The molecule has 122 valence electrons. The number of rotatable bonds is 2. The minimum absolute atomic E-state index is 0.186. The Morgan fingerprint density at radius 3 is 2.25 bits per heavy atom. The lowest BCUT2D eigenvalue weighted by atomic mass is 9.90. The number of nitrogens with zero attached hydrogens (tertiary/aromatic N) is 2. The maximum Gasteiger partial charge on any atom is 0.261 e. The Hall–Kier alpha value is -2.66. The van der Waals surface area contributed by atoms with Crippen molar-refractivity contribution in [3.05, 3.63) is 65.7 Å². The van der Waals surface area contributed by atoms with E-state index in [4.69, 9.17) is 4.84 Å². The molecule has 5 heteroatoms. The highest BCUT2D eigenvalue weighted by atomic mass is 16.7. The molecular weight excluding hydrogens is 304 g/mol. The Morgan fingerprint density at radius 2 is 1.58 bits per heavy atom. The molecule has 0 N–H and O–H groups in total. The molecule has 2 amide bonds. The van der Waals surface area contributed by atoms with Crippen LogP contribution in [0.5, 0.6) is 0 Å². The van der Waals surface area contributed by atoms with Gasteiger partial charge in [0.2, 0.25) is 5.91 Å². The number of fused-ring (bicyclic) bond motifs is 1. The number of benzene rings is 2. The second kappa shape index (κ2) is 5.46. The predicted octanol–water partition coefficient (Wildman–Crippen LogP) is 2.47. The molecule has 0 saturated carbocycles. The first-order valence-corrected chi connectivity index (χ1v) is 7.97. The lowest BCUT2D eigenvalue weighted by molar-refractivity contribution is -0.141. The van der Waals surface area contributed by atoms with Crippen molar-refractivity contribution in [1.82, 2.24) is 4.90 Å². The second-order valence-electron chi connectivity index (χ2n) is 6.30. The van der Waals surface area contributed by atoms with Gasteiger partial charge in [0.25, 0.3) is 5.91 Å². The molecule has 24 heavy (non-hydrogen) atoms. The second-order valence-corrected chi connectivity index (χ2v) is 6.30. The zero-order chi connectivity index (χ0) is 16.8. The minimum atomic E-state index is -0.756. The fourth-order valence-corrected chi connectivity index (χ4v) is 3.45. The zero-order valence-corrected chi connectivity index (χ0v) is 13.5. The van der Waals surface area contributed by atoms with Gasteiger partial charge in [-0.05, 0) is 24.6 Å². The number of aryl methyl sites for hydroxylation is 1. The number of imide groups is 1. The summed E-state index contributed by atoms with van der Waals surface area (Å²) in [6.45, 7) is 2.02. The van der Waals surface area contributed by atoms with E-state index < -0.39 is 12.0 Å². The molecule has 2 aromatic rings. The average molecular weight is 322 g/mol. The average Bonchev–Trinajstić information content (AvgIpc) is 3.09. The Kier molecular flexibility index (Phi) is 3.39. The largest absolute Gasteiger partial charge is 0.283 e. The van der Waals surface area contributed by atoms with Crippen molar-refractivity contribution >= 4 is 17.5 Å². The van der Waals surface area contributed by atoms with Crippen LogP contribution >= 0.6 is 0 Å². The van der Waals surface area contributed by atoms with E-state index in [9.17, 15) is 9.59 Å². The zero-order valence-electron chi connectivity index (χ0n) is 13.5. The van der Waals surface area contributed by atoms with Crippen LogP contribution in [0.25, 0.3) is 0 Å². The Balaban J connectivity index is 1.81. The molecule has 0 spiro atoms. The molecule has 0 bridgehead atoms. The lowest BCUT2D eigenvalue weighted by Crippen LogP contribution is -2.34. The summed E-state index contributed by atoms with van der Waals surface area (Å²) in [6, 6.07) is 17.3. The quantitative estimate of drug-likeness (QED) is 0.797. The van der Waals surface area contributed by atoms with Gasteiger partial charge in [-0.2, -0.15) is 0 Å². The SMILES string of the molecule is Cc1ccc([C@@H]2[C@@H]3C(=O)N(C)C(=O)[C@H]3ON2c2ccccc2)cc1. The van der Waals surface area contributed by atoms with Crippen LogP contribution in [0.2, 0.25) is 0 Å². The summed E-state index contributed by atoms with van der Waals surface area (Å²) in [5.74, 6) is -0.986. The third-order valence-corrected chi connectivity index (χ3v) is 4.77. The summed E-state index contributed by atoms with van der Waals surface area (Å²) >= 11 is 0. The first kappa shape index (κ1) is 14.9. The van der Waals surface area contributed by atoms with Crippen LogP contribution in [0.1, 0.15) is 17.2 Å². The van der Waals surface area contributed by atoms with Gasteiger partial charge in [-0.1, -0.05) is 48.0 Å². The number of likely N-dealkylation sites (N-methyl/N-ethyl adjacent to an activating group) is 1. The molecule has 2 heterocycles.